The zero-order chi connectivity index (χ0) is 20.8. The molecule has 0 unspecified atom stereocenters. The van der Waals surface area contributed by atoms with E-state index in [2.05, 4.69) is 31.0 Å². The Morgan fingerprint density at radius 3 is 2.80 bits per heavy atom. The molecule has 1 aromatic carbocycles. The van der Waals surface area contributed by atoms with Crippen LogP contribution in [-0.4, -0.2) is 47.3 Å². The standard InChI is InChI=1S/C20H21ClN8O/c21-17-8-6-15(7-9-17)16(13-28-14-23-26-27-28)12-20(30)22-10-3-5-19-25-24-18-4-1-2-11-29(18)19/h1-2,4,6-9,11,14,16H,3,5,10,12-13H2,(H,22,30)/t16-/m1/s1. The monoisotopic (exact) mass is 424 g/mol. The van der Waals surface area contributed by atoms with Crippen molar-refractivity contribution in [2.75, 3.05) is 6.54 Å². The Morgan fingerprint density at radius 2 is 2.00 bits per heavy atom. The van der Waals surface area contributed by atoms with Gasteiger partial charge in [0.25, 0.3) is 0 Å². The van der Waals surface area contributed by atoms with Crippen molar-refractivity contribution in [3.05, 3.63) is 71.4 Å². The molecule has 1 N–H and O–H groups in total. The average molecular weight is 425 g/mol. The Morgan fingerprint density at radius 1 is 1.13 bits per heavy atom. The lowest BCUT2D eigenvalue weighted by Crippen LogP contribution is -2.27. The summed E-state index contributed by atoms with van der Waals surface area (Å²) in [5.41, 5.74) is 1.84. The van der Waals surface area contributed by atoms with E-state index < -0.39 is 0 Å². The fourth-order valence-corrected chi connectivity index (χ4v) is 3.47. The SMILES string of the molecule is O=C(C[C@H](Cn1cnnn1)c1ccc(Cl)cc1)NCCCc1nnc2ccccn12. The van der Waals surface area contributed by atoms with Crippen molar-refractivity contribution in [3.63, 3.8) is 0 Å². The second kappa shape index (κ2) is 9.45. The van der Waals surface area contributed by atoms with E-state index in [0.29, 0.717) is 24.5 Å². The fourth-order valence-electron chi connectivity index (χ4n) is 3.34. The van der Waals surface area contributed by atoms with Crippen LogP contribution in [0.2, 0.25) is 5.02 Å². The van der Waals surface area contributed by atoms with Gasteiger partial charge in [-0.25, -0.2) is 4.68 Å². The molecule has 3 aromatic heterocycles. The third-order valence-electron chi connectivity index (χ3n) is 4.86. The third-order valence-corrected chi connectivity index (χ3v) is 5.11. The van der Waals surface area contributed by atoms with E-state index in [9.17, 15) is 4.79 Å². The molecule has 0 spiro atoms. The topological polar surface area (TPSA) is 103 Å². The molecule has 4 aromatic rings. The summed E-state index contributed by atoms with van der Waals surface area (Å²) in [5.74, 6) is 0.804. The second-order valence-electron chi connectivity index (χ2n) is 6.98. The molecule has 3 heterocycles. The Kier molecular flexibility index (Phi) is 6.29. The summed E-state index contributed by atoms with van der Waals surface area (Å²) in [6, 6.07) is 13.3. The molecule has 30 heavy (non-hydrogen) atoms. The van der Waals surface area contributed by atoms with Crippen LogP contribution >= 0.6 is 11.6 Å². The molecular formula is C20H21ClN8O. The van der Waals surface area contributed by atoms with Crippen LogP contribution in [0.5, 0.6) is 0 Å². The minimum absolute atomic E-state index is 0.0193. The largest absolute Gasteiger partial charge is 0.356 e. The lowest BCUT2D eigenvalue weighted by Gasteiger charge is -2.17. The van der Waals surface area contributed by atoms with Crippen LogP contribution in [0.3, 0.4) is 0 Å². The number of rotatable bonds is 9. The van der Waals surface area contributed by atoms with Gasteiger partial charge in [0.1, 0.15) is 12.2 Å². The normalized spacial score (nSPS) is 12.2. The number of aromatic nitrogens is 7. The number of amides is 1. The predicted octanol–water partition coefficient (Wildman–Crippen LogP) is 2.29. The first-order valence-electron chi connectivity index (χ1n) is 9.70. The Balaban J connectivity index is 1.31. The molecule has 10 heteroatoms. The van der Waals surface area contributed by atoms with Crippen LogP contribution in [0.25, 0.3) is 5.65 Å². The molecule has 0 aliphatic rings. The number of nitrogens with zero attached hydrogens (tertiary/aromatic N) is 7. The molecule has 4 rings (SSSR count). The van der Waals surface area contributed by atoms with Gasteiger partial charge >= 0.3 is 0 Å². The first-order valence-corrected chi connectivity index (χ1v) is 10.1. The van der Waals surface area contributed by atoms with E-state index in [1.165, 1.54) is 0 Å². The van der Waals surface area contributed by atoms with E-state index in [0.717, 1.165) is 29.9 Å². The number of tetrazole rings is 1. The zero-order valence-electron chi connectivity index (χ0n) is 16.2. The van der Waals surface area contributed by atoms with E-state index in [1.54, 1.807) is 11.0 Å². The first-order chi connectivity index (χ1) is 14.7. The van der Waals surface area contributed by atoms with Gasteiger partial charge in [-0.15, -0.1) is 15.3 Å². The van der Waals surface area contributed by atoms with Crippen molar-refractivity contribution in [3.8, 4) is 0 Å². The molecule has 0 saturated heterocycles. The summed E-state index contributed by atoms with van der Waals surface area (Å²) in [6.45, 7) is 1.08. The van der Waals surface area contributed by atoms with Crippen molar-refractivity contribution in [1.29, 1.82) is 0 Å². The van der Waals surface area contributed by atoms with E-state index in [1.807, 2.05) is 53.1 Å². The Labute approximate surface area is 178 Å². The number of carbonyl (C=O) groups excluding carboxylic acids is 1. The molecule has 0 saturated carbocycles. The van der Waals surface area contributed by atoms with E-state index in [-0.39, 0.29) is 11.8 Å². The summed E-state index contributed by atoms with van der Waals surface area (Å²) in [6.07, 6.45) is 5.33. The Bertz CT molecular complexity index is 1090. The molecule has 9 nitrogen and oxygen atoms in total. The zero-order valence-corrected chi connectivity index (χ0v) is 17.0. The van der Waals surface area contributed by atoms with Crippen LogP contribution in [0.15, 0.2) is 55.0 Å². The number of aryl methyl sites for hydroxylation is 1. The van der Waals surface area contributed by atoms with Gasteiger partial charge in [-0.2, -0.15) is 0 Å². The highest BCUT2D eigenvalue weighted by Gasteiger charge is 2.17. The summed E-state index contributed by atoms with van der Waals surface area (Å²) in [4.78, 5) is 12.6. The van der Waals surface area contributed by atoms with Crippen LogP contribution in [0.1, 0.15) is 30.1 Å². The van der Waals surface area contributed by atoms with Crippen LogP contribution in [0, 0.1) is 0 Å². The quantitative estimate of drug-likeness (QED) is 0.413. The lowest BCUT2D eigenvalue weighted by atomic mass is 9.95. The molecular weight excluding hydrogens is 404 g/mol. The second-order valence-corrected chi connectivity index (χ2v) is 7.42. The lowest BCUT2D eigenvalue weighted by molar-refractivity contribution is -0.121. The molecule has 1 atom stereocenters. The fraction of sp³-hybridized carbons (Fsp3) is 0.300. The molecule has 1 amide bonds. The number of benzene rings is 1. The van der Waals surface area contributed by atoms with Crippen molar-refractivity contribution < 1.29 is 4.79 Å². The molecule has 0 bridgehead atoms. The van der Waals surface area contributed by atoms with Gasteiger partial charge in [0.05, 0.1) is 6.54 Å². The van der Waals surface area contributed by atoms with Gasteiger partial charge in [0.2, 0.25) is 5.91 Å². The van der Waals surface area contributed by atoms with Crippen LogP contribution in [0.4, 0.5) is 0 Å². The van der Waals surface area contributed by atoms with E-state index >= 15 is 0 Å². The molecule has 0 aliphatic heterocycles. The van der Waals surface area contributed by atoms with Gasteiger partial charge in [-0.05, 0) is 46.7 Å². The van der Waals surface area contributed by atoms with Crippen molar-refractivity contribution in [2.24, 2.45) is 0 Å². The maximum Gasteiger partial charge on any atom is 0.220 e. The number of pyridine rings is 1. The minimum atomic E-state index is -0.0637. The number of hydrogen-bond acceptors (Lipinski definition) is 6. The maximum atomic E-state index is 12.6. The highest BCUT2D eigenvalue weighted by atomic mass is 35.5. The van der Waals surface area contributed by atoms with Gasteiger partial charge < -0.3 is 5.32 Å². The molecule has 0 aliphatic carbocycles. The number of nitrogens with one attached hydrogen (secondary N) is 1. The number of carbonyl (C=O) groups is 1. The molecule has 0 fully saturated rings. The van der Waals surface area contributed by atoms with Crippen molar-refractivity contribution in [2.45, 2.75) is 31.7 Å². The highest BCUT2D eigenvalue weighted by molar-refractivity contribution is 6.30. The summed E-state index contributed by atoms with van der Waals surface area (Å²) in [7, 11) is 0. The predicted molar refractivity (Wildman–Crippen MR) is 111 cm³/mol. The van der Waals surface area contributed by atoms with Gasteiger partial charge in [0.15, 0.2) is 5.65 Å². The Hall–Kier alpha value is -3.33. The van der Waals surface area contributed by atoms with Crippen LogP contribution in [-0.2, 0) is 17.8 Å². The average Bonchev–Trinajstić information content (AvgIpc) is 3.41. The summed E-state index contributed by atoms with van der Waals surface area (Å²) < 4.78 is 3.59. The van der Waals surface area contributed by atoms with Gasteiger partial charge in [-0.1, -0.05) is 29.8 Å². The van der Waals surface area contributed by atoms with E-state index in [4.69, 9.17) is 11.6 Å². The molecule has 0 radical (unpaired) electrons. The van der Waals surface area contributed by atoms with Crippen LogP contribution < -0.4 is 5.32 Å². The van der Waals surface area contributed by atoms with Crippen molar-refractivity contribution in [1.82, 2.24) is 40.1 Å². The summed E-state index contributed by atoms with van der Waals surface area (Å²) in [5, 5.41) is 23.3. The summed E-state index contributed by atoms with van der Waals surface area (Å²) >= 11 is 6.00. The number of halogens is 1. The van der Waals surface area contributed by atoms with Crippen molar-refractivity contribution >= 4 is 23.2 Å². The first kappa shape index (κ1) is 20.0. The smallest absolute Gasteiger partial charge is 0.220 e. The maximum absolute atomic E-state index is 12.6. The number of hydrogen-bond donors (Lipinski definition) is 1. The minimum Gasteiger partial charge on any atom is -0.356 e. The van der Waals surface area contributed by atoms with Gasteiger partial charge in [-0.3, -0.25) is 9.20 Å². The highest BCUT2D eigenvalue weighted by Crippen LogP contribution is 2.23. The number of fused-ring (bicyclic) bond motifs is 1. The molecule has 154 valence electrons. The third kappa shape index (κ3) is 4.98. The van der Waals surface area contributed by atoms with Gasteiger partial charge in [0, 0.05) is 36.5 Å².